The molecule has 0 saturated heterocycles. The number of benzene rings is 1. The van der Waals surface area contributed by atoms with E-state index >= 15 is 0 Å². The van der Waals surface area contributed by atoms with Gasteiger partial charge in [-0.1, -0.05) is 17.4 Å². The number of aromatic nitrogens is 1. The summed E-state index contributed by atoms with van der Waals surface area (Å²) in [4.78, 5) is 19.2. The highest BCUT2D eigenvalue weighted by Gasteiger charge is 2.35. The molecular formula is C19H24N4O4S2. The second-order valence-electron chi connectivity index (χ2n) is 7.92. The van der Waals surface area contributed by atoms with E-state index in [-0.39, 0.29) is 0 Å². The van der Waals surface area contributed by atoms with E-state index in [1.807, 2.05) is 6.07 Å². The molecular weight excluding hydrogens is 412 g/mol. The van der Waals surface area contributed by atoms with E-state index in [0.29, 0.717) is 27.7 Å². The van der Waals surface area contributed by atoms with Gasteiger partial charge < -0.3 is 20.5 Å². The summed E-state index contributed by atoms with van der Waals surface area (Å²) in [5, 5.41) is 22.0. The van der Waals surface area contributed by atoms with Crippen molar-refractivity contribution in [2.45, 2.75) is 61.9 Å². The Morgan fingerprint density at radius 1 is 1.41 bits per heavy atom. The molecule has 0 spiro atoms. The normalized spacial score (nSPS) is 19.1. The highest BCUT2D eigenvalue weighted by atomic mass is 32.2. The number of aliphatic hydroxyl groups excluding tert-OH is 1. The topological polar surface area (TPSA) is 135 Å². The number of anilines is 1. The first-order chi connectivity index (χ1) is 13.7. The van der Waals surface area contributed by atoms with Crippen LogP contribution >= 0.6 is 11.3 Å². The lowest BCUT2D eigenvalue weighted by molar-refractivity contribution is 0.0783. The van der Waals surface area contributed by atoms with Gasteiger partial charge in [-0.25, -0.2) is 9.78 Å². The number of nitrogens with two attached hydrogens (primary N) is 1. The van der Waals surface area contributed by atoms with Crippen molar-refractivity contribution < 1.29 is 19.6 Å². The fourth-order valence-electron chi connectivity index (χ4n) is 4.01. The summed E-state index contributed by atoms with van der Waals surface area (Å²) in [7, 11) is 0. The predicted molar refractivity (Wildman–Crippen MR) is 111 cm³/mol. The maximum Gasteiger partial charge on any atom is 0.337 e. The minimum absolute atomic E-state index is 0.373. The van der Waals surface area contributed by atoms with E-state index in [4.69, 9.17) is 5.73 Å². The monoisotopic (exact) mass is 436 g/mol. The Morgan fingerprint density at radius 3 is 2.83 bits per heavy atom. The van der Waals surface area contributed by atoms with Gasteiger partial charge in [-0.05, 0) is 73.0 Å². The Morgan fingerprint density at radius 2 is 2.17 bits per heavy atom. The molecule has 0 bridgehead atoms. The van der Waals surface area contributed by atoms with Gasteiger partial charge in [-0.3, -0.25) is 0 Å². The average Bonchev–Trinajstić information content (AvgIpc) is 3.37. The zero-order valence-electron chi connectivity index (χ0n) is 16.3. The Kier molecular flexibility index (Phi) is 5.34. The van der Waals surface area contributed by atoms with Crippen LogP contribution in [0.4, 0.5) is 10.5 Å². The van der Waals surface area contributed by atoms with E-state index in [1.54, 1.807) is 13.8 Å². The van der Waals surface area contributed by atoms with Gasteiger partial charge in [0.25, 0.3) is 0 Å². The number of aryl methyl sites for hydroxylation is 1. The first-order valence-electron chi connectivity index (χ1n) is 9.48. The summed E-state index contributed by atoms with van der Waals surface area (Å²) in [6, 6.07) is 1.27. The van der Waals surface area contributed by atoms with E-state index in [1.165, 1.54) is 6.20 Å². The number of hydrogen-bond donors (Lipinski definition) is 4. The zero-order chi connectivity index (χ0) is 20.9. The highest BCUT2D eigenvalue weighted by molar-refractivity contribution is 7.91. The summed E-state index contributed by atoms with van der Waals surface area (Å²) in [6.45, 7) is 3.20. The summed E-state index contributed by atoms with van der Waals surface area (Å²) in [6.07, 6.45) is 4.71. The molecule has 4 rings (SSSR count). The first-order valence-corrected chi connectivity index (χ1v) is 11.5. The summed E-state index contributed by atoms with van der Waals surface area (Å²) in [5.41, 5.74) is 8.96. The Bertz CT molecular complexity index is 956. The minimum atomic E-state index is -1.79. The van der Waals surface area contributed by atoms with E-state index in [9.17, 15) is 19.6 Å². The van der Waals surface area contributed by atoms with E-state index in [2.05, 4.69) is 9.82 Å². The molecule has 29 heavy (non-hydrogen) atoms. The molecule has 0 saturated carbocycles. The third-order valence-electron chi connectivity index (χ3n) is 5.35. The minimum Gasteiger partial charge on any atom is -0.591 e. The fourth-order valence-corrected chi connectivity index (χ4v) is 5.90. The van der Waals surface area contributed by atoms with Gasteiger partial charge in [0.05, 0.1) is 18.0 Å². The second-order valence-corrected chi connectivity index (χ2v) is 10.4. The number of fused-ring (bicyclic) bond motifs is 2. The van der Waals surface area contributed by atoms with Crippen LogP contribution < -0.4 is 15.6 Å². The lowest BCUT2D eigenvalue weighted by atomic mass is 9.98. The molecule has 10 heteroatoms. The fraction of sp³-hybridized carbons (Fsp3) is 0.474. The average molecular weight is 437 g/mol. The number of nitrogens with zero attached hydrogens (tertiary/aromatic N) is 2. The quantitative estimate of drug-likeness (QED) is 0.418. The summed E-state index contributed by atoms with van der Waals surface area (Å²) >= 11 is -0.687. The molecule has 0 radical (unpaired) electrons. The van der Waals surface area contributed by atoms with Crippen molar-refractivity contribution in [3.63, 3.8) is 0 Å². The number of primary amides is 1. The van der Waals surface area contributed by atoms with E-state index in [0.717, 1.165) is 57.9 Å². The number of hydrogen-bond acceptors (Lipinski definition) is 7. The van der Waals surface area contributed by atoms with Gasteiger partial charge in [0.15, 0.2) is 0 Å². The number of aliphatic hydroxyl groups is 2. The van der Waals surface area contributed by atoms with Crippen LogP contribution in [-0.2, 0) is 36.2 Å². The molecule has 1 aromatic heterocycles. The Hall–Kier alpha value is -1.69. The van der Waals surface area contributed by atoms with Crippen LogP contribution in [0.2, 0.25) is 0 Å². The smallest absolute Gasteiger partial charge is 0.337 e. The predicted octanol–water partition coefficient (Wildman–Crippen LogP) is 1.95. The lowest BCUT2D eigenvalue weighted by Crippen LogP contribution is -2.49. The van der Waals surface area contributed by atoms with Crippen molar-refractivity contribution in [1.82, 2.24) is 9.82 Å². The Balaban J connectivity index is 1.70. The molecule has 156 valence electrons. The number of urea groups is 1. The van der Waals surface area contributed by atoms with Gasteiger partial charge in [-0.15, -0.1) is 0 Å². The van der Waals surface area contributed by atoms with Gasteiger partial charge in [0.2, 0.25) is 4.21 Å². The highest BCUT2D eigenvalue weighted by Crippen LogP contribution is 2.43. The van der Waals surface area contributed by atoms with Crippen LogP contribution in [-0.4, -0.2) is 25.8 Å². The molecule has 2 atom stereocenters. The molecule has 1 aromatic carbocycles. The maximum atomic E-state index is 12.9. The van der Waals surface area contributed by atoms with Gasteiger partial charge in [0.1, 0.15) is 22.0 Å². The third-order valence-corrected chi connectivity index (χ3v) is 7.97. The largest absolute Gasteiger partial charge is 0.591 e. The number of nitrogens with one attached hydrogen (secondary N) is 1. The summed E-state index contributed by atoms with van der Waals surface area (Å²) in [5.74, 6) is 0. The number of carbonyl (C=O) groups excluding carboxylic acids is 1. The second kappa shape index (κ2) is 7.53. The lowest BCUT2D eigenvalue weighted by Gasteiger charge is -2.26. The van der Waals surface area contributed by atoms with Crippen molar-refractivity contribution in [3.05, 3.63) is 39.5 Å². The maximum absolute atomic E-state index is 12.9. The molecule has 2 amide bonds. The van der Waals surface area contributed by atoms with Crippen molar-refractivity contribution in [2.75, 3.05) is 5.01 Å². The number of hydrazine groups is 1. The molecule has 5 N–H and O–H groups in total. The number of amides is 2. The zero-order valence-corrected chi connectivity index (χ0v) is 17.9. The van der Waals surface area contributed by atoms with Crippen LogP contribution in [0, 0.1) is 0 Å². The van der Waals surface area contributed by atoms with Crippen molar-refractivity contribution in [1.29, 1.82) is 0 Å². The van der Waals surface area contributed by atoms with Crippen LogP contribution in [0.1, 0.15) is 60.1 Å². The van der Waals surface area contributed by atoms with Crippen LogP contribution in [0.5, 0.6) is 0 Å². The standard InChI is InChI=1S/C19H24N4O4S2/c1-19(2,26)17-21-9-15(28-17)29(27)22-23(18(20)25)16-11-5-3-4-10(11)8-13-12(16)6-7-14(13)24/h8-9,14,22,24,26H,3-7H2,1-2H3,(H2,20,25). The van der Waals surface area contributed by atoms with E-state index < -0.39 is 29.1 Å². The Labute approximate surface area is 176 Å². The molecule has 2 aliphatic carbocycles. The molecule has 0 aliphatic heterocycles. The van der Waals surface area contributed by atoms with Crippen LogP contribution in [0.3, 0.4) is 0 Å². The summed E-state index contributed by atoms with van der Waals surface area (Å²) < 4.78 is 13.3. The molecule has 1 heterocycles. The van der Waals surface area contributed by atoms with Crippen LogP contribution in [0.15, 0.2) is 16.5 Å². The molecule has 2 aromatic rings. The molecule has 8 nitrogen and oxygen atoms in total. The molecule has 2 aliphatic rings. The first kappa shape index (κ1) is 20.6. The van der Waals surface area contributed by atoms with Crippen molar-refractivity contribution >= 4 is 34.4 Å². The van der Waals surface area contributed by atoms with Crippen LogP contribution in [0.25, 0.3) is 0 Å². The number of thiazole rings is 1. The SMILES string of the molecule is CC(C)(O)c1ncc([S+]([O-])NN(C(N)=O)c2c3c(cc4c2CCC4O)CCC3)s1. The number of rotatable bonds is 5. The van der Waals surface area contributed by atoms with Gasteiger partial charge >= 0.3 is 6.03 Å². The van der Waals surface area contributed by atoms with Gasteiger partial charge in [0, 0.05) is 0 Å². The van der Waals surface area contributed by atoms with Gasteiger partial charge in [-0.2, -0.15) is 5.01 Å². The van der Waals surface area contributed by atoms with Crippen molar-refractivity contribution in [2.24, 2.45) is 5.73 Å². The third kappa shape index (κ3) is 3.76. The molecule has 2 unspecified atom stereocenters. The van der Waals surface area contributed by atoms with Crippen molar-refractivity contribution in [3.8, 4) is 0 Å². The number of carbonyl (C=O) groups is 1. The molecule has 0 fully saturated rings.